The Morgan fingerprint density at radius 2 is 0.980 bits per heavy atom. The minimum Gasteiger partial charge on any atom is -0.481 e. The van der Waals surface area contributed by atoms with E-state index in [4.69, 9.17) is 20.4 Å². The Morgan fingerprint density at radius 1 is 0.620 bits per heavy atom. The van der Waals surface area contributed by atoms with Gasteiger partial charge < -0.3 is 55.7 Å². The van der Waals surface area contributed by atoms with Gasteiger partial charge in [0.25, 0.3) is 0 Å². The molecule has 0 saturated carbocycles. The molecule has 0 aliphatic heterocycles. The summed E-state index contributed by atoms with van der Waals surface area (Å²) in [6.07, 6.45) is 3.42. The Kier molecular flexibility index (Phi) is 14.5. The van der Waals surface area contributed by atoms with E-state index in [9.17, 15) is 53.4 Å². The first-order valence-electron chi connectivity index (χ1n) is 14.3. The van der Waals surface area contributed by atoms with Gasteiger partial charge >= 0.3 is 35.8 Å². The molecule has 23 heteroatoms. The number of hydrogen-bond donors (Lipinski definition) is 9. The van der Waals surface area contributed by atoms with Gasteiger partial charge in [-0.25, -0.2) is 19.6 Å². The molecule has 23 nitrogen and oxygen atoms in total. The number of carboxylic acids is 6. The molecule has 0 aliphatic carbocycles. The molecule has 0 aromatic carbocycles. The van der Waals surface area contributed by atoms with Crippen LogP contribution in [-0.2, 0) is 69.3 Å². The van der Waals surface area contributed by atoms with Crippen molar-refractivity contribution < 1.29 is 73.8 Å². The lowest BCUT2D eigenvalue weighted by atomic mass is 10.00. The summed E-state index contributed by atoms with van der Waals surface area (Å²) in [7, 11) is 1.37. The van der Waals surface area contributed by atoms with Gasteiger partial charge in [-0.3, -0.25) is 38.5 Å². The number of likely N-dealkylation sites (N-methyl/N-ethyl adjacent to an activating group) is 1. The molecule has 0 fully saturated rings. The Labute approximate surface area is 280 Å². The van der Waals surface area contributed by atoms with Crippen LogP contribution in [0.3, 0.4) is 0 Å². The monoisotopic (exact) mass is 710 g/mol. The van der Waals surface area contributed by atoms with E-state index >= 15 is 0 Å². The van der Waals surface area contributed by atoms with E-state index in [-0.39, 0.29) is 31.3 Å². The number of rotatable bonds is 22. The number of imidazole rings is 2. The van der Waals surface area contributed by atoms with Crippen molar-refractivity contribution in [1.82, 2.24) is 40.0 Å². The van der Waals surface area contributed by atoms with Gasteiger partial charge in [-0.05, 0) is 0 Å². The van der Waals surface area contributed by atoms with Gasteiger partial charge in [0.05, 0.1) is 19.6 Å². The van der Waals surface area contributed by atoms with Crippen LogP contribution < -0.4 is 16.0 Å². The molecule has 3 amide bonds. The number of nitrogens with one attached hydrogen (secondary N) is 3. The van der Waals surface area contributed by atoms with Crippen molar-refractivity contribution in [1.29, 1.82) is 0 Å². The zero-order valence-corrected chi connectivity index (χ0v) is 26.2. The fourth-order valence-electron chi connectivity index (χ4n) is 4.44. The van der Waals surface area contributed by atoms with Gasteiger partial charge in [0, 0.05) is 44.7 Å². The zero-order chi connectivity index (χ0) is 37.7. The quantitative estimate of drug-likeness (QED) is 0.0531. The Balaban J connectivity index is 2.19. The third-order valence-corrected chi connectivity index (χ3v) is 7.01. The summed E-state index contributed by atoms with van der Waals surface area (Å²) in [5.74, 6) is -16.7. The third kappa shape index (κ3) is 12.0. The fourth-order valence-corrected chi connectivity index (χ4v) is 4.44. The molecule has 0 aliphatic rings. The smallest absolute Gasteiger partial charge is 0.326 e. The van der Waals surface area contributed by atoms with Crippen LogP contribution in [0.25, 0.3) is 0 Å². The van der Waals surface area contributed by atoms with Crippen molar-refractivity contribution >= 4 is 53.5 Å². The topological polar surface area (TPSA) is 350 Å². The van der Waals surface area contributed by atoms with Crippen molar-refractivity contribution in [3.8, 4) is 0 Å². The number of amides is 3. The number of carboxylic acid groups (broad SMARTS) is 6. The molecule has 0 radical (unpaired) electrons. The largest absolute Gasteiger partial charge is 0.481 e. The number of aromatic nitrogens is 4. The average Bonchev–Trinajstić information content (AvgIpc) is 3.64. The first-order valence-corrected chi connectivity index (χ1v) is 14.3. The molecule has 2 unspecified atom stereocenters. The van der Waals surface area contributed by atoms with Gasteiger partial charge in [-0.1, -0.05) is 0 Å². The van der Waals surface area contributed by atoms with Crippen molar-refractivity contribution in [2.45, 2.75) is 51.1 Å². The van der Waals surface area contributed by atoms with Crippen molar-refractivity contribution in [2.75, 3.05) is 13.6 Å². The Bertz CT molecular complexity index is 1480. The Hall–Kier alpha value is -6.39. The van der Waals surface area contributed by atoms with E-state index in [2.05, 4.69) is 25.9 Å². The van der Waals surface area contributed by atoms with Crippen LogP contribution in [0.2, 0.25) is 0 Å². The predicted molar refractivity (Wildman–Crippen MR) is 159 cm³/mol. The summed E-state index contributed by atoms with van der Waals surface area (Å²) >= 11 is 0. The maximum absolute atomic E-state index is 12.7. The first-order chi connectivity index (χ1) is 23.4. The van der Waals surface area contributed by atoms with E-state index < -0.39 is 103 Å². The lowest BCUT2D eigenvalue weighted by Gasteiger charge is -2.22. The molecular formula is C27H34N8O15. The van der Waals surface area contributed by atoms with E-state index in [1.54, 1.807) is 0 Å². The van der Waals surface area contributed by atoms with Gasteiger partial charge in [0.1, 0.15) is 36.8 Å². The fraction of sp³-hybridized carbons (Fsp3) is 0.444. The second kappa shape index (κ2) is 18.2. The highest BCUT2D eigenvalue weighted by Gasteiger charge is 2.34. The maximum Gasteiger partial charge on any atom is 0.326 e. The lowest BCUT2D eigenvalue weighted by Crippen LogP contribution is -2.45. The number of carbonyl (C=O) groups is 9. The third-order valence-electron chi connectivity index (χ3n) is 7.01. The van der Waals surface area contributed by atoms with Gasteiger partial charge in [-0.15, -0.1) is 0 Å². The molecule has 2 rings (SSSR count). The predicted octanol–water partition coefficient (Wildman–Crippen LogP) is -3.68. The Morgan fingerprint density at radius 3 is 1.28 bits per heavy atom. The van der Waals surface area contributed by atoms with Crippen LogP contribution in [0.4, 0.5) is 0 Å². The molecular weight excluding hydrogens is 676 g/mol. The maximum atomic E-state index is 12.7. The first kappa shape index (κ1) is 39.8. The highest BCUT2D eigenvalue weighted by Crippen LogP contribution is 2.12. The minimum atomic E-state index is -2.10. The standard InChI is InChI=1S/C27H34N8O15/c1-28-19(36)10-33(8-17-29-2-4-34(17)11-20(37)31-15(26(47)48)6-13(22(39)40)23(41)42)9-18-30-3-5-35(18)12-21(38)32-16(27(49)50)7-14(24(43)44)25(45)46/h2-5,13-16H,6-12H2,1H3,(H,28,36)(H,31,37)(H,32,38)(H,39,40)(H,41,42)(H,43,44)(H,45,46)(H,47,48)(H,49,50). The molecule has 50 heavy (non-hydrogen) atoms. The summed E-state index contributed by atoms with van der Waals surface area (Å²) in [4.78, 5) is 116. The van der Waals surface area contributed by atoms with E-state index in [0.29, 0.717) is 0 Å². The molecule has 0 bridgehead atoms. The van der Waals surface area contributed by atoms with Crippen molar-refractivity contribution in [2.24, 2.45) is 11.8 Å². The second-order valence-corrected chi connectivity index (χ2v) is 10.6. The van der Waals surface area contributed by atoms with Crippen LogP contribution in [0.15, 0.2) is 24.8 Å². The normalized spacial score (nSPS) is 12.2. The summed E-state index contributed by atoms with van der Waals surface area (Å²) in [5.41, 5.74) is 0. The zero-order valence-electron chi connectivity index (χ0n) is 26.2. The number of aliphatic carboxylic acids is 6. The van der Waals surface area contributed by atoms with Gasteiger partial charge in [0.2, 0.25) is 17.7 Å². The van der Waals surface area contributed by atoms with Crippen LogP contribution in [0, 0.1) is 11.8 Å². The molecule has 9 N–H and O–H groups in total. The molecule has 2 aromatic rings. The van der Waals surface area contributed by atoms with Crippen LogP contribution in [0.5, 0.6) is 0 Å². The summed E-state index contributed by atoms with van der Waals surface area (Å²) in [6, 6.07) is -3.71. The lowest BCUT2D eigenvalue weighted by molar-refractivity contribution is -0.158. The van der Waals surface area contributed by atoms with Crippen LogP contribution >= 0.6 is 0 Å². The van der Waals surface area contributed by atoms with Crippen molar-refractivity contribution in [3.05, 3.63) is 36.4 Å². The highest BCUT2D eigenvalue weighted by molar-refractivity contribution is 5.95. The molecule has 272 valence electrons. The molecule has 0 spiro atoms. The SMILES string of the molecule is CNC(=O)CN(Cc1nccn1CC(=O)NC(CC(C(=O)O)C(=O)O)C(=O)O)Cc1nccn1CC(=O)NC(CC(C(=O)O)C(=O)O)C(=O)O. The summed E-state index contributed by atoms with van der Waals surface area (Å²) in [6.45, 7) is -1.62. The number of nitrogens with zero attached hydrogens (tertiary/aromatic N) is 5. The minimum absolute atomic E-state index is 0.137. The highest BCUT2D eigenvalue weighted by atomic mass is 16.4. The molecule has 0 saturated heterocycles. The number of hydrogen-bond acceptors (Lipinski definition) is 12. The van der Waals surface area contributed by atoms with Crippen LogP contribution in [-0.4, -0.2) is 134 Å². The van der Waals surface area contributed by atoms with Crippen LogP contribution in [0.1, 0.15) is 24.5 Å². The summed E-state index contributed by atoms with van der Waals surface area (Å²) in [5, 5.41) is 61.7. The molecule has 2 atom stereocenters. The van der Waals surface area contributed by atoms with E-state index in [0.717, 1.165) is 0 Å². The average molecular weight is 711 g/mol. The number of carbonyl (C=O) groups excluding carboxylic acids is 3. The summed E-state index contributed by atoms with van der Waals surface area (Å²) < 4.78 is 2.56. The van der Waals surface area contributed by atoms with Gasteiger partial charge in [0.15, 0.2) is 11.8 Å². The van der Waals surface area contributed by atoms with E-state index in [1.165, 1.54) is 45.9 Å². The van der Waals surface area contributed by atoms with Gasteiger partial charge in [-0.2, -0.15) is 0 Å². The second-order valence-electron chi connectivity index (χ2n) is 10.6. The van der Waals surface area contributed by atoms with E-state index in [1.807, 2.05) is 0 Å². The van der Waals surface area contributed by atoms with Crippen molar-refractivity contribution in [3.63, 3.8) is 0 Å². The molecule has 2 aromatic heterocycles. The molecule has 2 heterocycles.